The summed E-state index contributed by atoms with van der Waals surface area (Å²) in [7, 11) is 1.33. The lowest BCUT2D eigenvalue weighted by molar-refractivity contribution is -0.265. The van der Waals surface area contributed by atoms with E-state index in [0.717, 1.165) is 6.92 Å². The highest BCUT2D eigenvalue weighted by Gasteiger charge is 2.49. The van der Waals surface area contributed by atoms with E-state index in [2.05, 4.69) is 0 Å². The van der Waals surface area contributed by atoms with Gasteiger partial charge in [0.2, 0.25) is 5.78 Å². The van der Waals surface area contributed by atoms with Crippen molar-refractivity contribution in [3.8, 4) is 17.2 Å². The van der Waals surface area contributed by atoms with Gasteiger partial charge in [0.25, 0.3) is 0 Å². The van der Waals surface area contributed by atoms with E-state index in [1.807, 2.05) is 0 Å². The minimum Gasteiger partial charge on any atom is -0.507 e. The van der Waals surface area contributed by atoms with Gasteiger partial charge in [-0.15, -0.1) is 0 Å². The van der Waals surface area contributed by atoms with Crippen LogP contribution < -0.4 is 4.74 Å². The number of carbonyl (C=O) groups excluding carboxylic acids is 3. The minimum atomic E-state index is -2.03. The predicted molar refractivity (Wildman–Crippen MR) is 128 cm³/mol. The molecule has 3 aliphatic rings. The average Bonchev–Trinajstić information content (AvgIpc) is 2.87. The van der Waals surface area contributed by atoms with Crippen molar-refractivity contribution < 1.29 is 54.1 Å². The van der Waals surface area contributed by atoms with Crippen molar-refractivity contribution in [3.05, 3.63) is 51.6 Å². The van der Waals surface area contributed by atoms with Crippen LogP contribution in [0.4, 0.5) is 0 Å². The molecule has 2 aromatic carbocycles. The molecule has 0 spiro atoms. The number of methoxy groups -OCH3 is 1. The maximum atomic E-state index is 13.6. The summed E-state index contributed by atoms with van der Waals surface area (Å²) in [6, 6.07) is 4.40. The number of aliphatic hydroxyl groups excluding tert-OH is 2. The molecule has 0 bridgehead atoms. The number of carbonyl (C=O) groups is 3. The van der Waals surface area contributed by atoms with Gasteiger partial charge in [0.1, 0.15) is 29.0 Å². The molecule has 5 N–H and O–H groups in total. The first-order chi connectivity index (χ1) is 17.9. The van der Waals surface area contributed by atoms with Gasteiger partial charge in [-0.05, 0) is 19.9 Å². The maximum Gasteiger partial charge on any atom is 0.202 e. The van der Waals surface area contributed by atoms with Crippen molar-refractivity contribution in [2.75, 3.05) is 7.11 Å². The number of hydrogen-bond acceptors (Lipinski definition) is 11. The van der Waals surface area contributed by atoms with E-state index in [1.54, 1.807) is 0 Å². The Balaban J connectivity index is 1.68. The molecule has 1 aliphatic heterocycles. The number of Topliss-reactive ketones (excluding diaryl/α,β-unsaturated/α-hetero) is 1. The molecule has 1 saturated heterocycles. The Hall–Kier alpha value is -3.35. The number of ketones is 3. The third-order valence-corrected chi connectivity index (χ3v) is 7.72. The van der Waals surface area contributed by atoms with Crippen LogP contribution >= 0.6 is 0 Å². The molecule has 0 amide bonds. The number of hydrogen-bond donors (Lipinski definition) is 5. The zero-order valence-electron chi connectivity index (χ0n) is 20.9. The SMILES string of the molecule is COc1cccc2c1C(=O)c1c(O)c3c(c(O)c1C2=O)C[C@@](O)(C(C)=O)C[C@@H]3O[C@H]1C[C@H](O)[C@H](O)[C@H](C)O1. The van der Waals surface area contributed by atoms with E-state index < -0.39 is 82.7 Å². The van der Waals surface area contributed by atoms with Gasteiger partial charge in [-0.3, -0.25) is 14.4 Å². The van der Waals surface area contributed by atoms with Gasteiger partial charge < -0.3 is 39.7 Å². The molecule has 6 atom stereocenters. The van der Waals surface area contributed by atoms with Crippen LogP contribution in [0.5, 0.6) is 17.2 Å². The molecule has 0 unspecified atom stereocenters. The quantitative estimate of drug-likeness (QED) is 0.306. The Labute approximate surface area is 217 Å². The first kappa shape index (κ1) is 26.3. The summed E-state index contributed by atoms with van der Waals surface area (Å²) in [5, 5.41) is 54.1. The number of rotatable bonds is 4. The van der Waals surface area contributed by atoms with E-state index in [9.17, 15) is 39.9 Å². The zero-order chi connectivity index (χ0) is 27.7. The molecule has 11 heteroatoms. The third-order valence-electron chi connectivity index (χ3n) is 7.72. The van der Waals surface area contributed by atoms with Gasteiger partial charge in [0, 0.05) is 36.0 Å². The molecule has 0 aromatic heterocycles. The fourth-order valence-corrected chi connectivity index (χ4v) is 5.60. The standard InChI is InChI=1S/C27H28O11/c1-10-22(30)14(29)7-17(37-10)38-16-9-27(35,11(2)28)8-13-19(16)26(34)21-20(24(13)32)23(31)12-5-4-6-15(36-3)18(12)25(21)33/h4-6,10,14,16-17,22,29-30,32,34-35H,7-9H2,1-3H3/t10-,14-,16-,17-,22+,27-/m0/s1. The van der Waals surface area contributed by atoms with E-state index in [-0.39, 0.29) is 40.8 Å². The first-order valence-electron chi connectivity index (χ1n) is 12.2. The fourth-order valence-electron chi connectivity index (χ4n) is 5.60. The van der Waals surface area contributed by atoms with E-state index in [4.69, 9.17) is 14.2 Å². The molecule has 1 fully saturated rings. The molecular formula is C27H28O11. The Morgan fingerprint density at radius 3 is 2.39 bits per heavy atom. The summed E-state index contributed by atoms with van der Waals surface area (Å²) in [4.78, 5) is 39.5. The summed E-state index contributed by atoms with van der Waals surface area (Å²) in [5.41, 5.74) is -3.22. The number of aliphatic hydroxyl groups is 3. The van der Waals surface area contributed by atoms with E-state index >= 15 is 0 Å². The smallest absolute Gasteiger partial charge is 0.202 e. The van der Waals surface area contributed by atoms with Crippen LogP contribution in [0, 0.1) is 0 Å². The van der Waals surface area contributed by atoms with Crippen LogP contribution in [0.15, 0.2) is 18.2 Å². The summed E-state index contributed by atoms with van der Waals surface area (Å²) in [6.45, 7) is 2.69. The minimum absolute atomic E-state index is 0.0286. The number of phenolic OH excluding ortho intramolecular Hbond substituents is 2. The van der Waals surface area contributed by atoms with Crippen molar-refractivity contribution in [2.45, 2.75) is 69.4 Å². The zero-order valence-corrected chi connectivity index (χ0v) is 20.9. The van der Waals surface area contributed by atoms with Gasteiger partial charge >= 0.3 is 0 Å². The van der Waals surface area contributed by atoms with Crippen LogP contribution in [0.25, 0.3) is 0 Å². The molecule has 2 aliphatic carbocycles. The van der Waals surface area contributed by atoms with Crippen LogP contribution in [0.1, 0.15) is 75.8 Å². The second-order valence-electron chi connectivity index (χ2n) is 10.0. The van der Waals surface area contributed by atoms with Crippen LogP contribution in [-0.4, -0.2) is 80.2 Å². The normalized spacial score (nSPS) is 30.3. The van der Waals surface area contributed by atoms with Gasteiger partial charge in [-0.1, -0.05) is 12.1 Å². The van der Waals surface area contributed by atoms with Crippen molar-refractivity contribution in [2.24, 2.45) is 0 Å². The first-order valence-corrected chi connectivity index (χ1v) is 12.2. The lowest BCUT2D eigenvalue weighted by atomic mass is 9.72. The number of aromatic hydroxyl groups is 2. The van der Waals surface area contributed by atoms with Crippen molar-refractivity contribution in [1.82, 2.24) is 0 Å². The molecule has 202 valence electrons. The number of ether oxygens (including phenoxy) is 3. The lowest BCUT2D eigenvalue weighted by Gasteiger charge is -2.41. The van der Waals surface area contributed by atoms with E-state index in [1.165, 1.54) is 32.2 Å². The molecule has 1 heterocycles. The Bertz CT molecular complexity index is 1350. The van der Waals surface area contributed by atoms with Gasteiger partial charge in [-0.2, -0.15) is 0 Å². The van der Waals surface area contributed by atoms with Crippen LogP contribution in [0.3, 0.4) is 0 Å². The highest BCUT2D eigenvalue weighted by Crippen LogP contribution is 2.52. The van der Waals surface area contributed by atoms with Gasteiger partial charge in [0.15, 0.2) is 17.9 Å². The summed E-state index contributed by atoms with van der Waals surface area (Å²) < 4.78 is 16.9. The molecular weight excluding hydrogens is 500 g/mol. The molecule has 11 nitrogen and oxygen atoms in total. The predicted octanol–water partition coefficient (Wildman–Crippen LogP) is 1.06. The summed E-state index contributed by atoms with van der Waals surface area (Å²) in [5.74, 6) is -3.31. The average molecular weight is 529 g/mol. The number of benzene rings is 2. The summed E-state index contributed by atoms with van der Waals surface area (Å²) in [6.07, 6.45) is -6.53. The Morgan fingerprint density at radius 2 is 1.76 bits per heavy atom. The molecule has 0 saturated carbocycles. The van der Waals surface area contributed by atoms with Crippen LogP contribution in [0.2, 0.25) is 0 Å². The highest BCUT2D eigenvalue weighted by atomic mass is 16.7. The van der Waals surface area contributed by atoms with Crippen molar-refractivity contribution >= 4 is 17.3 Å². The van der Waals surface area contributed by atoms with E-state index in [0.29, 0.717) is 0 Å². The molecule has 5 rings (SSSR count). The van der Waals surface area contributed by atoms with Crippen LogP contribution in [-0.2, 0) is 20.7 Å². The van der Waals surface area contributed by atoms with Gasteiger partial charge in [0.05, 0.1) is 42.1 Å². The molecule has 0 radical (unpaired) electrons. The molecule has 38 heavy (non-hydrogen) atoms. The van der Waals surface area contributed by atoms with Crippen molar-refractivity contribution in [3.63, 3.8) is 0 Å². The maximum absolute atomic E-state index is 13.6. The van der Waals surface area contributed by atoms with Gasteiger partial charge in [-0.25, -0.2) is 0 Å². The monoisotopic (exact) mass is 528 g/mol. The highest BCUT2D eigenvalue weighted by molar-refractivity contribution is 6.31. The Kier molecular flexibility index (Phi) is 6.32. The fraction of sp³-hybridized carbons (Fsp3) is 0.444. The second kappa shape index (κ2) is 9.14. The summed E-state index contributed by atoms with van der Waals surface area (Å²) >= 11 is 0. The topological polar surface area (TPSA) is 180 Å². The van der Waals surface area contributed by atoms with Crippen molar-refractivity contribution in [1.29, 1.82) is 0 Å². The second-order valence-corrected chi connectivity index (χ2v) is 10.0. The Morgan fingerprint density at radius 1 is 1.08 bits per heavy atom. The lowest BCUT2D eigenvalue weighted by Crippen LogP contribution is -2.49. The number of phenols is 2. The molecule has 2 aromatic rings. The third kappa shape index (κ3) is 3.81. The number of fused-ring (bicyclic) bond motifs is 3. The largest absolute Gasteiger partial charge is 0.507 e.